The highest BCUT2D eigenvalue weighted by molar-refractivity contribution is 7.89. The van der Waals surface area contributed by atoms with Crippen molar-refractivity contribution in [3.05, 3.63) is 78.0 Å². The summed E-state index contributed by atoms with van der Waals surface area (Å²) in [5.74, 6) is 0.495. The number of benzene rings is 2. The molecule has 0 aliphatic rings. The number of aryl methyl sites for hydroxylation is 1. The van der Waals surface area contributed by atoms with E-state index in [0.717, 1.165) is 22.4 Å². The molecule has 3 rings (SSSR count). The molecule has 0 bridgehead atoms. The Morgan fingerprint density at radius 2 is 1.81 bits per heavy atom. The molecule has 2 aromatic carbocycles. The molecule has 0 unspecified atom stereocenters. The van der Waals surface area contributed by atoms with Gasteiger partial charge in [-0.1, -0.05) is 42.0 Å². The molecule has 6 heteroatoms. The SMILES string of the molecule is COc1cccc(S(=O)(=O)NCc2cccnc2-c2ccc(C)cc2)c1. The lowest BCUT2D eigenvalue weighted by molar-refractivity contribution is 0.413. The lowest BCUT2D eigenvalue weighted by Gasteiger charge is -2.11. The van der Waals surface area contributed by atoms with Gasteiger partial charge in [0.25, 0.3) is 0 Å². The van der Waals surface area contributed by atoms with E-state index in [4.69, 9.17) is 4.74 Å². The van der Waals surface area contributed by atoms with Gasteiger partial charge in [0.2, 0.25) is 10.0 Å². The molecule has 0 amide bonds. The summed E-state index contributed by atoms with van der Waals surface area (Å²) in [4.78, 5) is 4.59. The minimum atomic E-state index is -3.65. The van der Waals surface area contributed by atoms with Crippen LogP contribution in [0.3, 0.4) is 0 Å². The zero-order valence-electron chi connectivity index (χ0n) is 14.6. The Kier molecular flexibility index (Phi) is 5.35. The van der Waals surface area contributed by atoms with Gasteiger partial charge in [0.1, 0.15) is 5.75 Å². The van der Waals surface area contributed by atoms with E-state index in [9.17, 15) is 8.42 Å². The first kappa shape index (κ1) is 18.1. The summed E-state index contributed by atoms with van der Waals surface area (Å²) in [6.07, 6.45) is 1.70. The van der Waals surface area contributed by atoms with Crippen molar-refractivity contribution in [3.63, 3.8) is 0 Å². The highest BCUT2D eigenvalue weighted by Gasteiger charge is 2.16. The largest absolute Gasteiger partial charge is 0.497 e. The number of ether oxygens (including phenoxy) is 1. The zero-order chi connectivity index (χ0) is 18.6. The van der Waals surface area contributed by atoms with Crippen LogP contribution in [0.25, 0.3) is 11.3 Å². The minimum absolute atomic E-state index is 0.149. The van der Waals surface area contributed by atoms with Gasteiger partial charge in [0.15, 0.2) is 0 Å². The molecule has 5 nitrogen and oxygen atoms in total. The normalized spacial score (nSPS) is 11.3. The van der Waals surface area contributed by atoms with Gasteiger partial charge in [-0.3, -0.25) is 4.98 Å². The molecule has 0 aliphatic heterocycles. The number of hydrogen-bond donors (Lipinski definition) is 1. The summed E-state index contributed by atoms with van der Waals surface area (Å²) in [5.41, 5.74) is 3.68. The van der Waals surface area contributed by atoms with Gasteiger partial charge in [0.05, 0.1) is 17.7 Å². The average Bonchev–Trinajstić information content (AvgIpc) is 2.67. The van der Waals surface area contributed by atoms with Gasteiger partial charge in [-0.2, -0.15) is 0 Å². The van der Waals surface area contributed by atoms with Crippen LogP contribution >= 0.6 is 0 Å². The number of aromatic nitrogens is 1. The predicted octanol–water partition coefficient (Wildman–Crippen LogP) is 3.54. The standard InChI is InChI=1S/C20H20N2O3S/c1-15-8-10-16(11-9-15)20-17(5-4-12-21-20)14-22-26(23,24)19-7-3-6-18(13-19)25-2/h3-13,22H,14H2,1-2H3. The first-order valence-electron chi connectivity index (χ1n) is 8.14. The summed E-state index contributed by atoms with van der Waals surface area (Å²) in [6, 6.07) is 18.0. The van der Waals surface area contributed by atoms with Crippen molar-refractivity contribution >= 4 is 10.0 Å². The van der Waals surface area contributed by atoms with Crippen molar-refractivity contribution in [3.8, 4) is 17.0 Å². The molecular formula is C20H20N2O3S. The summed E-state index contributed by atoms with van der Waals surface area (Å²) in [6.45, 7) is 2.17. The number of sulfonamides is 1. The number of hydrogen-bond acceptors (Lipinski definition) is 4. The van der Waals surface area contributed by atoms with Gasteiger partial charge < -0.3 is 4.74 Å². The van der Waals surface area contributed by atoms with Crippen LogP contribution < -0.4 is 9.46 Å². The zero-order valence-corrected chi connectivity index (χ0v) is 15.5. The molecule has 26 heavy (non-hydrogen) atoms. The number of methoxy groups -OCH3 is 1. The highest BCUT2D eigenvalue weighted by Crippen LogP contribution is 2.22. The Balaban J connectivity index is 1.84. The Morgan fingerprint density at radius 3 is 2.54 bits per heavy atom. The number of rotatable bonds is 6. The minimum Gasteiger partial charge on any atom is -0.497 e. The summed E-state index contributed by atoms with van der Waals surface area (Å²) < 4.78 is 32.9. The molecular weight excluding hydrogens is 348 g/mol. The smallest absolute Gasteiger partial charge is 0.241 e. The number of nitrogens with one attached hydrogen (secondary N) is 1. The lowest BCUT2D eigenvalue weighted by atomic mass is 10.0. The van der Waals surface area contributed by atoms with E-state index in [0.29, 0.717) is 5.75 Å². The van der Waals surface area contributed by atoms with Crippen molar-refractivity contribution in [2.45, 2.75) is 18.4 Å². The Labute approximate surface area is 153 Å². The molecule has 3 aromatic rings. The van der Waals surface area contributed by atoms with Gasteiger partial charge in [0, 0.05) is 24.4 Å². The maximum atomic E-state index is 12.6. The summed E-state index contributed by atoms with van der Waals surface area (Å²) in [5, 5.41) is 0. The van der Waals surface area contributed by atoms with Crippen molar-refractivity contribution in [2.24, 2.45) is 0 Å². The number of nitrogens with zero attached hydrogens (tertiary/aromatic N) is 1. The third kappa shape index (κ3) is 4.09. The Morgan fingerprint density at radius 1 is 1.04 bits per heavy atom. The fraction of sp³-hybridized carbons (Fsp3) is 0.150. The Bertz CT molecular complexity index is 1000. The second-order valence-corrected chi connectivity index (χ2v) is 7.65. The van der Waals surface area contributed by atoms with E-state index in [1.54, 1.807) is 24.4 Å². The van der Waals surface area contributed by atoms with Crippen LogP contribution in [-0.2, 0) is 16.6 Å². The lowest BCUT2D eigenvalue weighted by Crippen LogP contribution is -2.23. The van der Waals surface area contributed by atoms with Crippen LogP contribution in [0, 0.1) is 6.92 Å². The van der Waals surface area contributed by atoms with Crippen molar-refractivity contribution in [2.75, 3.05) is 7.11 Å². The summed E-state index contributed by atoms with van der Waals surface area (Å²) in [7, 11) is -2.15. The molecule has 0 spiro atoms. The fourth-order valence-corrected chi connectivity index (χ4v) is 3.62. The molecule has 0 saturated carbocycles. The van der Waals surface area contributed by atoms with Crippen molar-refractivity contribution in [1.29, 1.82) is 0 Å². The van der Waals surface area contributed by atoms with Crippen LogP contribution in [0.15, 0.2) is 71.8 Å². The van der Waals surface area contributed by atoms with Gasteiger partial charge in [-0.25, -0.2) is 13.1 Å². The Hall–Kier alpha value is -2.70. The molecule has 1 N–H and O–H groups in total. The third-order valence-corrected chi connectivity index (χ3v) is 5.42. The summed E-state index contributed by atoms with van der Waals surface area (Å²) >= 11 is 0. The molecule has 0 saturated heterocycles. The molecule has 134 valence electrons. The van der Waals surface area contributed by atoms with Crippen LogP contribution in [0.2, 0.25) is 0 Å². The van der Waals surface area contributed by atoms with Crippen LogP contribution in [0.1, 0.15) is 11.1 Å². The third-order valence-electron chi connectivity index (χ3n) is 4.02. The molecule has 0 radical (unpaired) electrons. The van der Waals surface area contributed by atoms with E-state index in [-0.39, 0.29) is 11.4 Å². The molecule has 1 heterocycles. The maximum absolute atomic E-state index is 12.6. The van der Waals surface area contributed by atoms with Crippen molar-refractivity contribution < 1.29 is 13.2 Å². The van der Waals surface area contributed by atoms with Crippen LogP contribution in [0.5, 0.6) is 5.75 Å². The van der Waals surface area contributed by atoms with E-state index in [1.165, 1.54) is 19.2 Å². The van der Waals surface area contributed by atoms with E-state index >= 15 is 0 Å². The first-order chi connectivity index (χ1) is 12.5. The maximum Gasteiger partial charge on any atom is 0.241 e. The molecule has 1 aromatic heterocycles. The predicted molar refractivity (Wildman–Crippen MR) is 101 cm³/mol. The number of pyridine rings is 1. The second kappa shape index (κ2) is 7.68. The molecule has 0 aliphatic carbocycles. The highest BCUT2D eigenvalue weighted by atomic mass is 32.2. The quantitative estimate of drug-likeness (QED) is 0.722. The topological polar surface area (TPSA) is 68.3 Å². The first-order valence-corrected chi connectivity index (χ1v) is 9.62. The van der Waals surface area contributed by atoms with E-state index in [2.05, 4.69) is 9.71 Å². The monoisotopic (exact) mass is 368 g/mol. The van der Waals surface area contributed by atoms with Gasteiger partial charge in [-0.15, -0.1) is 0 Å². The molecule has 0 fully saturated rings. The average molecular weight is 368 g/mol. The van der Waals surface area contributed by atoms with Crippen LogP contribution in [-0.4, -0.2) is 20.5 Å². The molecule has 0 atom stereocenters. The van der Waals surface area contributed by atoms with E-state index in [1.807, 2.05) is 37.3 Å². The van der Waals surface area contributed by atoms with Gasteiger partial charge in [-0.05, 0) is 30.7 Å². The fourth-order valence-electron chi connectivity index (χ4n) is 2.58. The van der Waals surface area contributed by atoms with Gasteiger partial charge >= 0.3 is 0 Å². The van der Waals surface area contributed by atoms with E-state index < -0.39 is 10.0 Å². The van der Waals surface area contributed by atoms with Crippen molar-refractivity contribution in [1.82, 2.24) is 9.71 Å². The van der Waals surface area contributed by atoms with Crippen LogP contribution in [0.4, 0.5) is 0 Å². The second-order valence-electron chi connectivity index (χ2n) is 5.88.